The van der Waals surface area contributed by atoms with Crippen LogP contribution in [-0.4, -0.2) is 38.7 Å². The van der Waals surface area contributed by atoms with Gasteiger partial charge >= 0.3 is 0 Å². The highest BCUT2D eigenvalue weighted by Crippen LogP contribution is 2.20. The molecule has 0 radical (unpaired) electrons. The number of nitrogens with one attached hydrogen (secondary N) is 1. The number of hydrogen-bond donors (Lipinski definition) is 1. The molecule has 0 bridgehead atoms. The second kappa shape index (κ2) is 7.21. The highest BCUT2D eigenvalue weighted by molar-refractivity contribution is 5.56. The summed E-state index contributed by atoms with van der Waals surface area (Å²) >= 11 is 0. The van der Waals surface area contributed by atoms with Crippen LogP contribution in [0.2, 0.25) is 0 Å². The maximum Gasteiger partial charge on any atom is 0.229 e. The lowest BCUT2D eigenvalue weighted by Crippen LogP contribution is -2.10. The van der Waals surface area contributed by atoms with E-state index in [4.69, 9.17) is 0 Å². The molecule has 1 aromatic carbocycles. The van der Waals surface area contributed by atoms with Crippen molar-refractivity contribution in [2.24, 2.45) is 0 Å². The molecule has 1 N–H and O–H groups in total. The molecule has 6 nitrogen and oxygen atoms in total. The summed E-state index contributed by atoms with van der Waals surface area (Å²) in [6.45, 7) is 6.68. The van der Waals surface area contributed by atoms with Gasteiger partial charge in [-0.05, 0) is 58.1 Å². The molecule has 0 fully saturated rings. The molecular formula is C19H23FN6. The van der Waals surface area contributed by atoms with Crippen molar-refractivity contribution in [1.29, 1.82) is 0 Å². The van der Waals surface area contributed by atoms with Gasteiger partial charge in [0.25, 0.3) is 0 Å². The van der Waals surface area contributed by atoms with Gasteiger partial charge in [0.05, 0.1) is 11.9 Å². The molecule has 2 heterocycles. The first-order valence-corrected chi connectivity index (χ1v) is 8.40. The van der Waals surface area contributed by atoms with Crippen LogP contribution in [0.1, 0.15) is 22.4 Å². The fourth-order valence-electron chi connectivity index (χ4n) is 2.86. The lowest BCUT2D eigenvalue weighted by molar-refractivity contribution is 0.401. The summed E-state index contributed by atoms with van der Waals surface area (Å²) in [5.41, 5.74) is 5.00. The van der Waals surface area contributed by atoms with Crippen molar-refractivity contribution in [2.45, 2.75) is 27.3 Å². The van der Waals surface area contributed by atoms with Crippen molar-refractivity contribution in [3.63, 3.8) is 0 Å². The molecule has 0 saturated heterocycles. The van der Waals surface area contributed by atoms with Gasteiger partial charge in [-0.15, -0.1) is 0 Å². The fourth-order valence-corrected chi connectivity index (χ4v) is 2.86. The van der Waals surface area contributed by atoms with Crippen LogP contribution >= 0.6 is 0 Å². The van der Waals surface area contributed by atoms with E-state index in [9.17, 15) is 4.39 Å². The SMILES string of the molecule is Cc1cc(C)cc(Nc2ncc(F)c(-n3cc(CN(C)C)c(C)n3)n2)c1. The maximum atomic E-state index is 14.3. The first kappa shape index (κ1) is 18.0. The molecule has 0 atom stereocenters. The van der Waals surface area contributed by atoms with Crippen LogP contribution in [0.25, 0.3) is 5.82 Å². The number of benzene rings is 1. The molecular weight excluding hydrogens is 331 g/mol. The third kappa shape index (κ3) is 4.05. The van der Waals surface area contributed by atoms with Crippen molar-refractivity contribution in [3.05, 3.63) is 58.8 Å². The zero-order valence-electron chi connectivity index (χ0n) is 15.7. The van der Waals surface area contributed by atoms with Crippen molar-refractivity contribution in [1.82, 2.24) is 24.6 Å². The van der Waals surface area contributed by atoms with E-state index in [0.29, 0.717) is 5.95 Å². The monoisotopic (exact) mass is 354 g/mol. The van der Waals surface area contributed by atoms with Gasteiger partial charge in [0.1, 0.15) is 0 Å². The van der Waals surface area contributed by atoms with E-state index < -0.39 is 5.82 Å². The Bertz CT molecular complexity index is 912. The van der Waals surface area contributed by atoms with E-state index in [2.05, 4.69) is 26.4 Å². The molecule has 0 aliphatic carbocycles. The van der Waals surface area contributed by atoms with E-state index in [1.54, 1.807) is 6.20 Å². The van der Waals surface area contributed by atoms with Crippen molar-refractivity contribution >= 4 is 11.6 Å². The minimum atomic E-state index is -0.519. The lowest BCUT2D eigenvalue weighted by atomic mass is 10.1. The number of hydrogen-bond acceptors (Lipinski definition) is 5. The first-order valence-electron chi connectivity index (χ1n) is 8.40. The van der Waals surface area contributed by atoms with Gasteiger partial charge < -0.3 is 10.2 Å². The molecule has 0 amide bonds. The van der Waals surface area contributed by atoms with Crippen molar-refractivity contribution < 1.29 is 4.39 Å². The van der Waals surface area contributed by atoms with Gasteiger partial charge in [-0.1, -0.05) is 6.07 Å². The molecule has 3 aromatic rings. The number of aromatic nitrogens is 4. The molecule has 26 heavy (non-hydrogen) atoms. The second-order valence-corrected chi connectivity index (χ2v) is 6.79. The Morgan fingerprint density at radius 2 is 1.81 bits per heavy atom. The molecule has 136 valence electrons. The Morgan fingerprint density at radius 1 is 1.12 bits per heavy atom. The third-order valence-corrected chi connectivity index (χ3v) is 3.91. The standard InChI is InChI=1S/C19H23FN6/c1-12-6-13(2)8-16(7-12)22-19-21-9-17(20)18(23-19)26-11-15(10-25(4)5)14(3)24-26/h6-9,11H,10H2,1-5H3,(H,21,22,23). The number of halogens is 1. The highest BCUT2D eigenvalue weighted by atomic mass is 19.1. The number of nitrogens with zero attached hydrogens (tertiary/aromatic N) is 5. The highest BCUT2D eigenvalue weighted by Gasteiger charge is 2.14. The quantitative estimate of drug-likeness (QED) is 0.759. The molecule has 7 heteroatoms. The Hall–Kier alpha value is -2.80. The molecule has 2 aromatic heterocycles. The number of aryl methyl sites for hydroxylation is 3. The smallest absolute Gasteiger partial charge is 0.229 e. The van der Waals surface area contributed by atoms with Crippen LogP contribution in [0.4, 0.5) is 16.0 Å². The Kier molecular flexibility index (Phi) is 4.99. The van der Waals surface area contributed by atoms with Crippen LogP contribution in [0.15, 0.2) is 30.6 Å². The lowest BCUT2D eigenvalue weighted by Gasteiger charge is -2.09. The molecule has 0 aliphatic rings. The average molecular weight is 354 g/mol. The zero-order valence-corrected chi connectivity index (χ0v) is 15.7. The molecule has 3 rings (SSSR count). The van der Waals surface area contributed by atoms with Gasteiger partial charge in [-0.2, -0.15) is 10.1 Å². The van der Waals surface area contributed by atoms with Gasteiger partial charge in [0, 0.05) is 24.0 Å². The first-order chi connectivity index (χ1) is 12.3. The van der Waals surface area contributed by atoms with Crippen LogP contribution in [-0.2, 0) is 6.54 Å². The topological polar surface area (TPSA) is 58.9 Å². The Morgan fingerprint density at radius 3 is 2.46 bits per heavy atom. The summed E-state index contributed by atoms with van der Waals surface area (Å²) < 4.78 is 15.8. The van der Waals surface area contributed by atoms with Crippen molar-refractivity contribution in [2.75, 3.05) is 19.4 Å². The van der Waals surface area contributed by atoms with E-state index in [0.717, 1.165) is 40.8 Å². The predicted molar refractivity (Wildman–Crippen MR) is 100 cm³/mol. The van der Waals surface area contributed by atoms with E-state index in [-0.39, 0.29) is 5.82 Å². The van der Waals surface area contributed by atoms with Crippen molar-refractivity contribution in [3.8, 4) is 5.82 Å². The van der Waals surface area contributed by atoms with E-state index in [1.165, 1.54) is 4.68 Å². The molecule has 0 unspecified atom stereocenters. The summed E-state index contributed by atoms with van der Waals surface area (Å²) in [6.07, 6.45) is 2.97. The summed E-state index contributed by atoms with van der Waals surface area (Å²) in [5.74, 6) is -0.0661. The largest absolute Gasteiger partial charge is 0.324 e. The second-order valence-electron chi connectivity index (χ2n) is 6.79. The van der Waals surface area contributed by atoms with Gasteiger partial charge in [-0.25, -0.2) is 14.1 Å². The maximum absolute atomic E-state index is 14.3. The normalized spacial score (nSPS) is 11.2. The van der Waals surface area contributed by atoms with Crippen LogP contribution in [0.3, 0.4) is 0 Å². The van der Waals surface area contributed by atoms with Crippen LogP contribution in [0, 0.1) is 26.6 Å². The molecule has 0 aliphatic heterocycles. The average Bonchev–Trinajstić information content (AvgIpc) is 2.88. The van der Waals surface area contributed by atoms with E-state index >= 15 is 0 Å². The summed E-state index contributed by atoms with van der Waals surface area (Å²) in [5, 5.41) is 7.54. The summed E-state index contributed by atoms with van der Waals surface area (Å²) in [6, 6.07) is 6.07. The van der Waals surface area contributed by atoms with Gasteiger partial charge in [-0.3, -0.25) is 0 Å². The Labute approximate surface area is 152 Å². The number of anilines is 2. The minimum absolute atomic E-state index is 0.125. The van der Waals surface area contributed by atoms with Gasteiger partial charge in [0.2, 0.25) is 5.95 Å². The van der Waals surface area contributed by atoms with Gasteiger partial charge in [0.15, 0.2) is 11.6 Å². The molecule has 0 spiro atoms. The summed E-state index contributed by atoms with van der Waals surface area (Å²) in [4.78, 5) is 10.4. The number of rotatable bonds is 5. The zero-order chi connectivity index (χ0) is 18.8. The van der Waals surface area contributed by atoms with Crippen LogP contribution < -0.4 is 5.32 Å². The van der Waals surface area contributed by atoms with Crippen LogP contribution in [0.5, 0.6) is 0 Å². The third-order valence-electron chi connectivity index (χ3n) is 3.91. The summed E-state index contributed by atoms with van der Waals surface area (Å²) in [7, 11) is 3.96. The minimum Gasteiger partial charge on any atom is -0.324 e. The Balaban J connectivity index is 1.93. The fraction of sp³-hybridized carbons (Fsp3) is 0.316. The predicted octanol–water partition coefficient (Wildman–Crippen LogP) is 3.53. The molecule has 0 saturated carbocycles. The van der Waals surface area contributed by atoms with E-state index in [1.807, 2.05) is 51.9 Å².